The Bertz CT molecular complexity index is 631. The summed E-state index contributed by atoms with van der Waals surface area (Å²) in [7, 11) is 0. The van der Waals surface area contributed by atoms with E-state index in [1.165, 1.54) is 0 Å². The van der Waals surface area contributed by atoms with Gasteiger partial charge in [0, 0.05) is 22.2 Å². The number of halogens is 2. The maximum Gasteiger partial charge on any atom is 0.227 e. The zero-order chi connectivity index (χ0) is 13.4. The second kappa shape index (κ2) is 5.06. The van der Waals surface area contributed by atoms with Gasteiger partial charge in [-0.15, -0.1) is 0 Å². The molecule has 4 nitrogen and oxygen atoms in total. The normalized spacial score (nSPS) is 14.5. The Morgan fingerprint density at radius 2 is 2.11 bits per heavy atom. The molecule has 1 aliphatic carbocycles. The molecule has 1 saturated carbocycles. The Hall–Kier alpha value is -1.20. The summed E-state index contributed by atoms with van der Waals surface area (Å²) in [5, 5.41) is 0.454. The maximum atomic E-state index is 6.13. The van der Waals surface area contributed by atoms with Gasteiger partial charge in [0.25, 0.3) is 0 Å². The maximum absolute atomic E-state index is 6.13. The Balaban J connectivity index is 1.95. The van der Waals surface area contributed by atoms with E-state index in [0.717, 1.165) is 28.7 Å². The summed E-state index contributed by atoms with van der Waals surface area (Å²) in [4.78, 5) is 12.8. The van der Waals surface area contributed by atoms with E-state index in [0.29, 0.717) is 22.7 Å². The molecular formula is C13H11BrClN3O. The molecule has 2 heterocycles. The summed E-state index contributed by atoms with van der Waals surface area (Å²) in [6.07, 6.45) is 5.58. The number of rotatable bonds is 3. The molecule has 1 fully saturated rings. The molecule has 0 radical (unpaired) electrons. The van der Waals surface area contributed by atoms with Gasteiger partial charge in [0.2, 0.25) is 5.88 Å². The molecule has 0 saturated heterocycles. The van der Waals surface area contributed by atoms with Gasteiger partial charge < -0.3 is 4.74 Å². The largest absolute Gasteiger partial charge is 0.437 e. The molecule has 0 N–H and O–H groups in total. The predicted molar refractivity (Wildman–Crippen MR) is 75.8 cm³/mol. The fourth-order valence-electron chi connectivity index (χ4n) is 1.67. The second-order valence-electron chi connectivity index (χ2n) is 4.52. The molecule has 0 spiro atoms. The fourth-order valence-corrected chi connectivity index (χ4v) is 2.18. The van der Waals surface area contributed by atoms with Crippen molar-refractivity contribution >= 4 is 27.5 Å². The number of hydrogen-bond donors (Lipinski definition) is 0. The van der Waals surface area contributed by atoms with Gasteiger partial charge in [-0.2, -0.15) is 4.98 Å². The van der Waals surface area contributed by atoms with E-state index in [-0.39, 0.29) is 0 Å². The first-order chi connectivity index (χ1) is 9.13. The molecule has 0 bridgehead atoms. The van der Waals surface area contributed by atoms with Gasteiger partial charge in [0.1, 0.15) is 16.7 Å². The van der Waals surface area contributed by atoms with Gasteiger partial charge in [0.05, 0.1) is 6.20 Å². The molecule has 1 aliphatic rings. The first kappa shape index (κ1) is 12.8. The first-order valence-corrected chi connectivity index (χ1v) is 7.13. The molecule has 0 unspecified atom stereocenters. The minimum Gasteiger partial charge on any atom is -0.437 e. The van der Waals surface area contributed by atoms with Crippen molar-refractivity contribution in [3.8, 4) is 11.6 Å². The van der Waals surface area contributed by atoms with Gasteiger partial charge in [-0.3, -0.25) is 4.98 Å². The van der Waals surface area contributed by atoms with Crippen molar-refractivity contribution in [1.82, 2.24) is 15.0 Å². The lowest BCUT2D eigenvalue weighted by molar-refractivity contribution is 0.452. The minimum atomic E-state index is 0.432. The van der Waals surface area contributed by atoms with Crippen molar-refractivity contribution in [2.45, 2.75) is 25.7 Å². The van der Waals surface area contributed by atoms with Gasteiger partial charge in [-0.05, 0) is 41.8 Å². The van der Waals surface area contributed by atoms with Crippen LogP contribution in [0.5, 0.6) is 11.6 Å². The minimum absolute atomic E-state index is 0.432. The van der Waals surface area contributed by atoms with Crippen LogP contribution in [0, 0.1) is 6.92 Å². The summed E-state index contributed by atoms with van der Waals surface area (Å²) in [6, 6.07) is 1.83. The average molecular weight is 341 g/mol. The molecule has 0 amide bonds. The van der Waals surface area contributed by atoms with Crippen LogP contribution in [0.4, 0.5) is 0 Å². The number of hydrogen-bond acceptors (Lipinski definition) is 4. The van der Waals surface area contributed by atoms with Crippen molar-refractivity contribution < 1.29 is 4.74 Å². The summed E-state index contributed by atoms with van der Waals surface area (Å²) in [5.74, 6) is 2.32. The van der Waals surface area contributed by atoms with Crippen LogP contribution in [0.25, 0.3) is 0 Å². The third-order valence-electron chi connectivity index (χ3n) is 2.90. The van der Waals surface area contributed by atoms with Crippen LogP contribution in [0.3, 0.4) is 0 Å². The average Bonchev–Trinajstić information content (AvgIpc) is 3.19. The van der Waals surface area contributed by atoms with Crippen LogP contribution in [-0.4, -0.2) is 15.0 Å². The number of aromatic nitrogens is 3. The Labute approximate surface area is 124 Å². The van der Waals surface area contributed by atoms with Crippen molar-refractivity contribution in [3.63, 3.8) is 0 Å². The van der Waals surface area contributed by atoms with Crippen LogP contribution >= 0.6 is 27.5 Å². The van der Waals surface area contributed by atoms with Gasteiger partial charge in [-0.1, -0.05) is 11.6 Å². The molecular weight excluding hydrogens is 330 g/mol. The van der Waals surface area contributed by atoms with E-state index >= 15 is 0 Å². The van der Waals surface area contributed by atoms with E-state index in [2.05, 4.69) is 30.9 Å². The molecule has 3 rings (SSSR count). The van der Waals surface area contributed by atoms with E-state index in [4.69, 9.17) is 16.3 Å². The standard InChI is InChI=1S/C13H11BrClN3O/c1-7-11(15)17-12(8-2-3-8)18-13(7)19-10-4-9(14)5-16-6-10/h4-6,8H,2-3H2,1H3. The number of ether oxygens (including phenoxy) is 1. The molecule has 6 heteroatoms. The SMILES string of the molecule is Cc1c(Cl)nc(C2CC2)nc1Oc1cncc(Br)c1. The second-order valence-corrected chi connectivity index (χ2v) is 5.79. The Morgan fingerprint density at radius 1 is 1.32 bits per heavy atom. The third kappa shape index (κ3) is 2.87. The highest BCUT2D eigenvalue weighted by Gasteiger charge is 2.28. The molecule has 0 aliphatic heterocycles. The van der Waals surface area contributed by atoms with Crippen molar-refractivity contribution in [2.24, 2.45) is 0 Å². The van der Waals surface area contributed by atoms with Crippen LogP contribution in [0.15, 0.2) is 22.9 Å². The topological polar surface area (TPSA) is 47.9 Å². The Morgan fingerprint density at radius 3 is 2.79 bits per heavy atom. The first-order valence-electron chi connectivity index (χ1n) is 5.96. The molecule has 98 valence electrons. The molecule has 19 heavy (non-hydrogen) atoms. The summed E-state index contributed by atoms with van der Waals surface area (Å²) < 4.78 is 6.61. The number of nitrogens with zero attached hydrogens (tertiary/aromatic N) is 3. The van der Waals surface area contributed by atoms with Crippen LogP contribution in [0.2, 0.25) is 5.15 Å². The quantitative estimate of drug-likeness (QED) is 0.783. The zero-order valence-electron chi connectivity index (χ0n) is 10.2. The van der Waals surface area contributed by atoms with Crippen LogP contribution in [0.1, 0.15) is 30.1 Å². The smallest absolute Gasteiger partial charge is 0.227 e. The third-order valence-corrected chi connectivity index (χ3v) is 3.70. The zero-order valence-corrected chi connectivity index (χ0v) is 12.6. The van der Waals surface area contributed by atoms with Gasteiger partial charge in [0.15, 0.2) is 0 Å². The van der Waals surface area contributed by atoms with Gasteiger partial charge >= 0.3 is 0 Å². The summed E-state index contributed by atoms with van der Waals surface area (Å²) in [6.45, 7) is 1.85. The van der Waals surface area contributed by atoms with Crippen molar-refractivity contribution in [3.05, 3.63) is 39.5 Å². The highest BCUT2D eigenvalue weighted by atomic mass is 79.9. The van der Waals surface area contributed by atoms with Crippen LogP contribution in [-0.2, 0) is 0 Å². The fraction of sp³-hybridized carbons (Fsp3) is 0.308. The highest BCUT2D eigenvalue weighted by molar-refractivity contribution is 9.10. The van der Waals surface area contributed by atoms with E-state index < -0.39 is 0 Å². The van der Waals surface area contributed by atoms with Gasteiger partial charge in [-0.25, -0.2) is 4.98 Å². The highest BCUT2D eigenvalue weighted by Crippen LogP contribution is 2.40. The van der Waals surface area contributed by atoms with E-state index in [1.807, 2.05) is 13.0 Å². The summed E-state index contributed by atoms with van der Waals surface area (Å²) in [5.41, 5.74) is 0.742. The lowest BCUT2D eigenvalue weighted by Gasteiger charge is -2.10. The van der Waals surface area contributed by atoms with E-state index in [9.17, 15) is 0 Å². The van der Waals surface area contributed by atoms with Crippen LogP contribution < -0.4 is 4.74 Å². The molecule has 2 aromatic rings. The molecule has 0 aromatic carbocycles. The molecule has 0 atom stereocenters. The van der Waals surface area contributed by atoms with E-state index in [1.54, 1.807) is 12.4 Å². The van der Waals surface area contributed by atoms with Crippen molar-refractivity contribution in [1.29, 1.82) is 0 Å². The summed E-state index contributed by atoms with van der Waals surface area (Å²) >= 11 is 9.49. The Kier molecular flexibility index (Phi) is 3.41. The lowest BCUT2D eigenvalue weighted by atomic mass is 10.3. The molecule has 2 aromatic heterocycles. The van der Waals surface area contributed by atoms with Crippen molar-refractivity contribution in [2.75, 3.05) is 0 Å². The number of pyridine rings is 1. The lowest BCUT2D eigenvalue weighted by Crippen LogP contribution is -2.00. The monoisotopic (exact) mass is 339 g/mol. The predicted octanol–water partition coefficient (Wildman–Crippen LogP) is 4.27.